The monoisotopic (exact) mass is 241 g/mol. The Hall–Kier alpha value is -1.87. The topological polar surface area (TPSA) is 42.2 Å². The molecule has 0 spiro atoms. The van der Waals surface area contributed by atoms with Crippen LogP contribution in [0.25, 0.3) is 0 Å². The summed E-state index contributed by atoms with van der Waals surface area (Å²) < 4.78 is 0. The fourth-order valence-corrected chi connectivity index (χ4v) is 2.02. The number of pyridine rings is 1. The van der Waals surface area contributed by atoms with Gasteiger partial charge in [0, 0.05) is 42.4 Å². The molecule has 1 heterocycles. The summed E-state index contributed by atoms with van der Waals surface area (Å²) in [6, 6.07) is 10.5. The number of aryl methyl sites for hydroxylation is 2. The lowest BCUT2D eigenvalue weighted by Gasteiger charge is -2.23. The average molecular weight is 241 g/mol. The van der Waals surface area contributed by atoms with Crippen LogP contribution in [-0.4, -0.2) is 12.0 Å². The Kier molecular flexibility index (Phi) is 3.63. The van der Waals surface area contributed by atoms with Gasteiger partial charge in [-0.25, -0.2) is 0 Å². The van der Waals surface area contributed by atoms with E-state index in [0.717, 1.165) is 22.6 Å². The van der Waals surface area contributed by atoms with Gasteiger partial charge in [0.1, 0.15) is 0 Å². The minimum atomic E-state index is 0.499. The Morgan fingerprint density at radius 2 is 2.00 bits per heavy atom. The highest BCUT2D eigenvalue weighted by atomic mass is 15.1. The van der Waals surface area contributed by atoms with Crippen LogP contribution >= 0.6 is 0 Å². The lowest BCUT2D eigenvalue weighted by molar-refractivity contribution is 1.01. The van der Waals surface area contributed by atoms with Crippen molar-refractivity contribution in [2.45, 2.75) is 20.4 Å². The van der Waals surface area contributed by atoms with Crippen LogP contribution in [0.15, 0.2) is 36.5 Å². The summed E-state index contributed by atoms with van der Waals surface area (Å²) in [6.07, 6.45) is 1.86. The molecule has 0 bridgehead atoms. The van der Waals surface area contributed by atoms with Crippen molar-refractivity contribution in [2.24, 2.45) is 5.73 Å². The van der Waals surface area contributed by atoms with Gasteiger partial charge in [-0.2, -0.15) is 0 Å². The van der Waals surface area contributed by atoms with Gasteiger partial charge in [-0.3, -0.25) is 4.98 Å². The fraction of sp³-hybridized carbons (Fsp3) is 0.267. The summed E-state index contributed by atoms with van der Waals surface area (Å²) in [7, 11) is 2.06. The fourth-order valence-electron chi connectivity index (χ4n) is 2.02. The summed E-state index contributed by atoms with van der Waals surface area (Å²) in [5.74, 6) is 0. The van der Waals surface area contributed by atoms with E-state index in [9.17, 15) is 0 Å². The van der Waals surface area contributed by atoms with E-state index in [1.54, 1.807) is 0 Å². The maximum atomic E-state index is 5.78. The minimum Gasteiger partial charge on any atom is -0.344 e. The highest BCUT2D eigenvalue weighted by Crippen LogP contribution is 2.27. The first-order chi connectivity index (χ1) is 8.61. The molecule has 0 aliphatic heterocycles. The third-order valence-corrected chi connectivity index (χ3v) is 3.07. The largest absolute Gasteiger partial charge is 0.344 e. The van der Waals surface area contributed by atoms with Crippen LogP contribution in [0.5, 0.6) is 0 Å². The molecule has 2 rings (SSSR count). The van der Waals surface area contributed by atoms with Crippen LogP contribution in [0.4, 0.5) is 11.4 Å². The predicted molar refractivity (Wildman–Crippen MR) is 76.1 cm³/mol. The van der Waals surface area contributed by atoms with Crippen LogP contribution in [-0.2, 0) is 6.54 Å². The van der Waals surface area contributed by atoms with Gasteiger partial charge in [-0.15, -0.1) is 0 Å². The van der Waals surface area contributed by atoms with E-state index < -0.39 is 0 Å². The maximum absolute atomic E-state index is 5.78. The Labute approximate surface area is 108 Å². The van der Waals surface area contributed by atoms with E-state index >= 15 is 0 Å². The van der Waals surface area contributed by atoms with Gasteiger partial charge in [0.15, 0.2) is 0 Å². The van der Waals surface area contributed by atoms with Crippen LogP contribution in [0.3, 0.4) is 0 Å². The lowest BCUT2D eigenvalue weighted by Crippen LogP contribution is -2.14. The first-order valence-electron chi connectivity index (χ1n) is 6.08. The van der Waals surface area contributed by atoms with Crippen molar-refractivity contribution in [3.8, 4) is 0 Å². The Bertz CT molecular complexity index is 549. The standard InChI is InChI=1S/C15H19N3/c1-11-5-4-6-14(7-11)18(3)15-8-12(2)17-10-13(15)9-16/h4-8,10H,9,16H2,1-3H3. The summed E-state index contributed by atoms with van der Waals surface area (Å²) >= 11 is 0. The summed E-state index contributed by atoms with van der Waals surface area (Å²) in [6.45, 7) is 4.59. The predicted octanol–water partition coefficient (Wildman–Crippen LogP) is 2.93. The first-order valence-corrected chi connectivity index (χ1v) is 6.08. The second kappa shape index (κ2) is 5.19. The number of nitrogens with two attached hydrogens (primary N) is 1. The molecule has 2 N–H and O–H groups in total. The second-order valence-corrected chi connectivity index (χ2v) is 4.56. The summed E-state index contributed by atoms with van der Waals surface area (Å²) in [5.41, 5.74) is 11.4. The van der Waals surface area contributed by atoms with Crippen LogP contribution in [0.2, 0.25) is 0 Å². The third-order valence-electron chi connectivity index (χ3n) is 3.07. The van der Waals surface area contributed by atoms with Gasteiger partial charge in [-0.1, -0.05) is 12.1 Å². The molecule has 3 nitrogen and oxygen atoms in total. The lowest BCUT2D eigenvalue weighted by atomic mass is 10.1. The molecule has 0 aliphatic rings. The highest BCUT2D eigenvalue weighted by molar-refractivity contribution is 5.66. The normalized spacial score (nSPS) is 10.4. The molecule has 2 aromatic rings. The molecule has 94 valence electrons. The maximum Gasteiger partial charge on any atom is 0.0487 e. The average Bonchev–Trinajstić information content (AvgIpc) is 2.38. The van der Waals surface area contributed by atoms with Crippen LogP contribution in [0.1, 0.15) is 16.8 Å². The Balaban J connectivity index is 2.44. The molecule has 0 saturated carbocycles. The van der Waals surface area contributed by atoms with Gasteiger partial charge < -0.3 is 10.6 Å². The number of anilines is 2. The molecule has 0 aliphatic carbocycles. The highest BCUT2D eigenvalue weighted by Gasteiger charge is 2.09. The summed E-state index contributed by atoms with van der Waals surface area (Å²) in [5, 5.41) is 0. The van der Waals surface area contributed by atoms with E-state index in [2.05, 4.69) is 54.2 Å². The first kappa shape index (κ1) is 12.6. The molecule has 1 aromatic carbocycles. The number of hydrogen-bond acceptors (Lipinski definition) is 3. The molecule has 1 aromatic heterocycles. The van der Waals surface area contributed by atoms with Crippen LogP contribution in [0, 0.1) is 13.8 Å². The minimum absolute atomic E-state index is 0.499. The molecule has 0 radical (unpaired) electrons. The van der Waals surface area contributed by atoms with Gasteiger partial charge in [-0.05, 0) is 37.6 Å². The second-order valence-electron chi connectivity index (χ2n) is 4.56. The van der Waals surface area contributed by atoms with Crippen molar-refractivity contribution in [2.75, 3.05) is 11.9 Å². The Morgan fingerprint density at radius 1 is 1.22 bits per heavy atom. The number of hydrogen-bond donors (Lipinski definition) is 1. The number of rotatable bonds is 3. The molecular formula is C15H19N3. The smallest absolute Gasteiger partial charge is 0.0487 e. The zero-order valence-electron chi connectivity index (χ0n) is 11.1. The number of nitrogens with zero attached hydrogens (tertiary/aromatic N) is 2. The molecule has 18 heavy (non-hydrogen) atoms. The number of benzene rings is 1. The van der Waals surface area contributed by atoms with Crippen molar-refractivity contribution in [3.63, 3.8) is 0 Å². The van der Waals surface area contributed by atoms with Crippen molar-refractivity contribution < 1.29 is 0 Å². The zero-order valence-corrected chi connectivity index (χ0v) is 11.1. The Morgan fingerprint density at radius 3 is 2.67 bits per heavy atom. The molecular weight excluding hydrogens is 222 g/mol. The van der Waals surface area contributed by atoms with Crippen molar-refractivity contribution in [1.82, 2.24) is 4.98 Å². The van der Waals surface area contributed by atoms with Crippen LogP contribution < -0.4 is 10.6 Å². The van der Waals surface area contributed by atoms with Crippen molar-refractivity contribution >= 4 is 11.4 Å². The third kappa shape index (κ3) is 2.51. The molecule has 3 heteroatoms. The van der Waals surface area contributed by atoms with Crippen molar-refractivity contribution in [3.05, 3.63) is 53.3 Å². The number of aromatic nitrogens is 1. The van der Waals surface area contributed by atoms with Gasteiger partial charge in [0.25, 0.3) is 0 Å². The summed E-state index contributed by atoms with van der Waals surface area (Å²) in [4.78, 5) is 6.45. The zero-order chi connectivity index (χ0) is 13.1. The van der Waals surface area contributed by atoms with E-state index in [4.69, 9.17) is 5.73 Å². The molecule has 0 saturated heterocycles. The van der Waals surface area contributed by atoms with E-state index in [1.165, 1.54) is 5.56 Å². The molecule has 0 atom stereocenters. The van der Waals surface area contributed by atoms with Gasteiger partial charge in [0.2, 0.25) is 0 Å². The van der Waals surface area contributed by atoms with Crippen molar-refractivity contribution in [1.29, 1.82) is 0 Å². The molecule has 0 amide bonds. The molecule has 0 unspecified atom stereocenters. The van der Waals surface area contributed by atoms with Gasteiger partial charge in [0.05, 0.1) is 0 Å². The SMILES string of the molecule is Cc1cccc(N(C)c2cc(C)ncc2CN)c1. The quantitative estimate of drug-likeness (QED) is 0.898. The molecule has 0 fully saturated rings. The van der Waals surface area contributed by atoms with Gasteiger partial charge >= 0.3 is 0 Å². The van der Waals surface area contributed by atoms with E-state index in [0.29, 0.717) is 6.54 Å². The van der Waals surface area contributed by atoms with E-state index in [1.807, 2.05) is 13.1 Å². The van der Waals surface area contributed by atoms with E-state index in [-0.39, 0.29) is 0 Å².